The molecule has 0 unspecified atom stereocenters. The number of aromatic nitrogens is 2. The molecule has 1 aromatic rings. The summed E-state index contributed by atoms with van der Waals surface area (Å²) >= 11 is 0. The van der Waals surface area contributed by atoms with Crippen LogP contribution >= 0.6 is 0 Å². The first-order chi connectivity index (χ1) is 10.6. The van der Waals surface area contributed by atoms with Gasteiger partial charge in [-0.1, -0.05) is 13.8 Å². The van der Waals surface area contributed by atoms with Gasteiger partial charge in [0.2, 0.25) is 5.95 Å². The second-order valence-electron chi connectivity index (χ2n) is 5.67. The number of amides is 1. The molecular weight excluding hydrogens is 278 g/mol. The van der Waals surface area contributed by atoms with Crippen molar-refractivity contribution in [2.45, 2.75) is 33.1 Å². The Morgan fingerprint density at radius 3 is 2.18 bits per heavy atom. The molecule has 0 aliphatic carbocycles. The smallest absolute Gasteiger partial charge is 0.254 e. The first kappa shape index (κ1) is 18.4. The van der Waals surface area contributed by atoms with Gasteiger partial charge >= 0.3 is 0 Å². The van der Waals surface area contributed by atoms with Crippen LogP contribution in [0.15, 0.2) is 12.4 Å². The van der Waals surface area contributed by atoms with E-state index in [2.05, 4.69) is 38.9 Å². The van der Waals surface area contributed by atoms with Crippen LogP contribution in [0.3, 0.4) is 0 Å². The van der Waals surface area contributed by atoms with Crippen LogP contribution in [0.1, 0.15) is 43.5 Å². The van der Waals surface area contributed by atoms with E-state index in [-0.39, 0.29) is 5.91 Å². The summed E-state index contributed by atoms with van der Waals surface area (Å²) in [5, 5.41) is 2.89. The molecule has 0 radical (unpaired) electrons. The summed E-state index contributed by atoms with van der Waals surface area (Å²) in [7, 11) is 4.04. The Balaban J connectivity index is 2.53. The molecule has 1 heterocycles. The first-order valence-corrected chi connectivity index (χ1v) is 8.08. The summed E-state index contributed by atoms with van der Waals surface area (Å²) in [6.45, 7) is 7.76. The zero-order valence-electron chi connectivity index (χ0n) is 14.3. The average Bonchev–Trinajstić information content (AvgIpc) is 2.51. The van der Waals surface area contributed by atoms with E-state index < -0.39 is 0 Å². The van der Waals surface area contributed by atoms with Gasteiger partial charge in [-0.3, -0.25) is 4.79 Å². The molecule has 1 aromatic heterocycles. The van der Waals surface area contributed by atoms with Crippen molar-refractivity contribution in [2.24, 2.45) is 0 Å². The minimum atomic E-state index is -0.108. The summed E-state index contributed by atoms with van der Waals surface area (Å²) in [4.78, 5) is 24.9. The van der Waals surface area contributed by atoms with Crippen molar-refractivity contribution in [3.8, 4) is 0 Å². The molecule has 1 rings (SSSR count). The topological polar surface area (TPSA) is 61.4 Å². The van der Waals surface area contributed by atoms with Gasteiger partial charge in [0.25, 0.3) is 5.91 Å². The summed E-state index contributed by atoms with van der Waals surface area (Å²) < 4.78 is 0. The molecule has 6 heteroatoms. The van der Waals surface area contributed by atoms with Crippen molar-refractivity contribution >= 4 is 11.9 Å². The lowest BCUT2D eigenvalue weighted by atomic mass is 10.3. The maximum atomic E-state index is 12.0. The normalized spacial score (nSPS) is 10.8. The number of carbonyl (C=O) groups excluding carboxylic acids is 1. The fraction of sp³-hybridized carbons (Fsp3) is 0.688. The van der Waals surface area contributed by atoms with Crippen molar-refractivity contribution in [3.63, 3.8) is 0 Å². The summed E-state index contributed by atoms with van der Waals surface area (Å²) in [5.41, 5.74) is 0.515. The summed E-state index contributed by atoms with van der Waals surface area (Å²) in [6.07, 6.45) is 6.26. The Morgan fingerprint density at radius 1 is 1.09 bits per heavy atom. The highest BCUT2D eigenvalue weighted by Crippen LogP contribution is 2.08. The second-order valence-corrected chi connectivity index (χ2v) is 5.67. The highest BCUT2D eigenvalue weighted by Gasteiger charge is 2.10. The lowest BCUT2D eigenvalue weighted by Crippen LogP contribution is -2.29. The van der Waals surface area contributed by atoms with E-state index in [1.54, 1.807) is 12.4 Å². The molecule has 22 heavy (non-hydrogen) atoms. The lowest BCUT2D eigenvalue weighted by Gasteiger charge is -2.21. The van der Waals surface area contributed by atoms with Crippen LogP contribution in [0.5, 0.6) is 0 Å². The number of hydrogen-bond acceptors (Lipinski definition) is 5. The van der Waals surface area contributed by atoms with Crippen LogP contribution in [0.2, 0.25) is 0 Å². The third kappa shape index (κ3) is 6.39. The molecule has 0 spiro atoms. The van der Waals surface area contributed by atoms with Gasteiger partial charge < -0.3 is 15.1 Å². The molecule has 1 N–H and O–H groups in total. The fourth-order valence-corrected chi connectivity index (χ4v) is 2.15. The van der Waals surface area contributed by atoms with Crippen molar-refractivity contribution in [1.82, 2.24) is 20.2 Å². The predicted molar refractivity (Wildman–Crippen MR) is 90.3 cm³/mol. The molecule has 124 valence electrons. The SMILES string of the molecule is CCCN(CCC)c1ncc(C(=O)NCCCN(C)C)cn1. The van der Waals surface area contributed by atoms with Gasteiger partial charge in [0.1, 0.15) is 0 Å². The quantitative estimate of drug-likeness (QED) is 0.668. The minimum Gasteiger partial charge on any atom is -0.352 e. The van der Waals surface area contributed by atoms with Crippen molar-refractivity contribution in [3.05, 3.63) is 18.0 Å². The number of nitrogens with one attached hydrogen (secondary N) is 1. The number of rotatable bonds is 10. The van der Waals surface area contributed by atoms with Crippen LogP contribution in [-0.2, 0) is 0 Å². The minimum absolute atomic E-state index is 0.108. The van der Waals surface area contributed by atoms with Crippen LogP contribution < -0.4 is 10.2 Å². The average molecular weight is 307 g/mol. The Kier molecular flexibility index (Phi) is 8.43. The van der Waals surface area contributed by atoms with Gasteiger partial charge in [-0.05, 0) is 39.9 Å². The van der Waals surface area contributed by atoms with Gasteiger partial charge in [-0.15, -0.1) is 0 Å². The van der Waals surface area contributed by atoms with Crippen LogP contribution in [-0.4, -0.2) is 61.0 Å². The Labute approximate surface area is 133 Å². The van der Waals surface area contributed by atoms with E-state index in [0.29, 0.717) is 18.1 Å². The zero-order valence-corrected chi connectivity index (χ0v) is 14.3. The first-order valence-electron chi connectivity index (χ1n) is 8.08. The van der Waals surface area contributed by atoms with Crippen molar-refractivity contribution in [2.75, 3.05) is 45.2 Å². The van der Waals surface area contributed by atoms with E-state index >= 15 is 0 Å². The van der Waals surface area contributed by atoms with Crippen LogP contribution in [0.4, 0.5) is 5.95 Å². The van der Waals surface area contributed by atoms with E-state index in [4.69, 9.17) is 0 Å². The van der Waals surface area contributed by atoms with Crippen LogP contribution in [0, 0.1) is 0 Å². The lowest BCUT2D eigenvalue weighted by molar-refractivity contribution is 0.0951. The maximum Gasteiger partial charge on any atom is 0.254 e. The Hall–Kier alpha value is -1.69. The molecule has 6 nitrogen and oxygen atoms in total. The van der Waals surface area contributed by atoms with Crippen LogP contribution in [0.25, 0.3) is 0 Å². The Morgan fingerprint density at radius 2 is 1.68 bits per heavy atom. The second kappa shape index (κ2) is 10.1. The van der Waals surface area contributed by atoms with Gasteiger partial charge in [-0.25, -0.2) is 9.97 Å². The van der Waals surface area contributed by atoms with Crippen molar-refractivity contribution in [1.29, 1.82) is 0 Å². The monoisotopic (exact) mass is 307 g/mol. The molecule has 0 aliphatic heterocycles. The summed E-state index contributed by atoms with van der Waals surface area (Å²) in [5.74, 6) is 0.593. The molecule has 0 atom stereocenters. The highest BCUT2D eigenvalue weighted by atomic mass is 16.1. The molecule has 0 saturated carbocycles. The molecular formula is C16H29N5O. The number of carbonyl (C=O) groups is 1. The third-order valence-electron chi connectivity index (χ3n) is 3.24. The fourth-order valence-electron chi connectivity index (χ4n) is 2.15. The highest BCUT2D eigenvalue weighted by molar-refractivity contribution is 5.93. The standard InChI is InChI=1S/C16H29N5O/c1-5-9-21(10-6-2)16-18-12-14(13-19-16)15(22)17-8-7-11-20(3)4/h12-13H,5-11H2,1-4H3,(H,17,22). The van der Waals surface area contributed by atoms with E-state index in [1.165, 1.54) is 0 Å². The Bertz CT molecular complexity index is 427. The molecule has 1 amide bonds. The van der Waals surface area contributed by atoms with E-state index in [0.717, 1.165) is 38.9 Å². The van der Waals surface area contributed by atoms with Gasteiger partial charge in [0.05, 0.1) is 5.56 Å². The molecule has 0 saturated heterocycles. The van der Waals surface area contributed by atoms with Gasteiger partial charge in [0.15, 0.2) is 0 Å². The molecule has 0 fully saturated rings. The van der Waals surface area contributed by atoms with Gasteiger partial charge in [-0.2, -0.15) is 0 Å². The zero-order chi connectivity index (χ0) is 16.4. The number of anilines is 1. The molecule has 0 aliphatic rings. The maximum absolute atomic E-state index is 12.0. The van der Waals surface area contributed by atoms with Gasteiger partial charge in [0, 0.05) is 32.0 Å². The third-order valence-corrected chi connectivity index (χ3v) is 3.24. The number of nitrogens with zero attached hydrogens (tertiary/aromatic N) is 4. The summed E-state index contributed by atoms with van der Waals surface area (Å²) in [6, 6.07) is 0. The predicted octanol–water partition coefficient (Wildman–Crippen LogP) is 1.78. The van der Waals surface area contributed by atoms with E-state index in [1.807, 2.05) is 14.1 Å². The molecule has 0 bridgehead atoms. The largest absolute Gasteiger partial charge is 0.352 e. The van der Waals surface area contributed by atoms with E-state index in [9.17, 15) is 4.79 Å². The van der Waals surface area contributed by atoms with Crippen molar-refractivity contribution < 1.29 is 4.79 Å². The molecule has 0 aromatic carbocycles. The number of hydrogen-bond donors (Lipinski definition) is 1.